The second-order valence-electron chi connectivity index (χ2n) is 5.03. The smallest absolute Gasteiger partial charge is 0.303 e. The van der Waals surface area contributed by atoms with E-state index >= 15 is 0 Å². The highest BCUT2D eigenvalue weighted by Gasteiger charge is 2.37. The van der Waals surface area contributed by atoms with Gasteiger partial charge in [0, 0.05) is 18.0 Å². The number of unbranched alkanes of at least 4 members (excludes halogenated alkanes) is 6. The van der Waals surface area contributed by atoms with Crippen LogP contribution < -0.4 is 0 Å². The number of ether oxygens (including phenoxy) is 1. The number of nitro groups is 1. The Morgan fingerprint density at radius 3 is 2.05 bits per heavy atom. The lowest BCUT2D eigenvalue weighted by Crippen LogP contribution is -2.35. The van der Waals surface area contributed by atoms with Crippen LogP contribution in [0.15, 0.2) is 0 Å². The van der Waals surface area contributed by atoms with Crippen LogP contribution in [0.5, 0.6) is 0 Å². The van der Waals surface area contributed by atoms with E-state index in [2.05, 4.69) is 0 Å². The number of rotatable bonds is 13. The van der Waals surface area contributed by atoms with E-state index in [9.17, 15) is 14.9 Å². The number of hydrogen-bond donors (Lipinski definition) is 1. The summed E-state index contributed by atoms with van der Waals surface area (Å²) in [6.45, 7) is -0.231. The number of halogens is 3. The maximum absolute atomic E-state index is 10.5. The van der Waals surface area contributed by atoms with Gasteiger partial charge in [0.1, 0.15) is 0 Å². The van der Waals surface area contributed by atoms with Gasteiger partial charge in [0.05, 0.1) is 0 Å². The van der Waals surface area contributed by atoms with E-state index in [4.69, 9.17) is 44.6 Å². The molecule has 0 saturated carbocycles. The molecule has 0 aliphatic carbocycles. The third-order valence-corrected chi connectivity index (χ3v) is 3.76. The van der Waals surface area contributed by atoms with Crippen LogP contribution in [-0.2, 0) is 9.53 Å². The van der Waals surface area contributed by atoms with Gasteiger partial charge in [0.25, 0.3) is 0 Å². The van der Waals surface area contributed by atoms with Crippen LogP contribution in [0.2, 0.25) is 0 Å². The molecule has 0 aromatic rings. The van der Waals surface area contributed by atoms with Gasteiger partial charge in [-0.3, -0.25) is 14.9 Å². The molecule has 0 aliphatic heterocycles. The van der Waals surface area contributed by atoms with Crippen molar-refractivity contribution >= 4 is 40.8 Å². The van der Waals surface area contributed by atoms with E-state index in [1.54, 1.807) is 0 Å². The fourth-order valence-corrected chi connectivity index (χ4v) is 2.27. The first-order chi connectivity index (χ1) is 10.2. The van der Waals surface area contributed by atoms with Crippen molar-refractivity contribution < 1.29 is 19.6 Å². The van der Waals surface area contributed by atoms with Gasteiger partial charge in [-0.05, 0) is 12.8 Å². The zero-order chi connectivity index (χ0) is 17.0. The minimum absolute atomic E-state index is 0.225. The van der Waals surface area contributed by atoms with Crippen molar-refractivity contribution in [1.82, 2.24) is 0 Å². The first kappa shape index (κ1) is 21.7. The quantitative estimate of drug-likeness (QED) is 0.224. The third kappa shape index (κ3) is 13.4. The molecule has 0 unspecified atom stereocenters. The molecule has 130 valence electrons. The molecule has 0 bridgehead atoms. The summed E-state index contributed by atoms with van der Waals surface area (Å²) < 4.78 is 3.48. The monoisotopic (exact) mass is 377 g/mol. The van der Waals surface area contributed by atoms with Gasteiger partial charge < -0.3 is 9.84 Å². The average molecular weight is 379 g/mol. The first-order valence-electron chi connectivity index (χ1n) is 7.25. The van der Waals surface area contributed by atoms with Crippen molar-refractivity contribution in [2.24, 2.45) is 0 Å². The predicted octanol–water partition coefficient (Wildman–Crippen LogP) is 4.22. The largest absolute Gasteiger partial charge is 0.481 e. The minimum Gasteiger partial charge on any atom is -0.481 e. The molecule has 6 nitrogen and oxygen atoms in total. The number of aliphatic carboxylic acids is 1. The van der Waals surface area contributed by atoms with Gasteiger partial charge in [-0.1, -0.05) is 66.9 Å². The van der Waals surface area contributed by atoms with Crippen LogP contribution in [0, 0.1) is 10.1 Å². The van der Waals surface area contributed by atoms with Crippen molar-refractivity contribution in [3.8, 4) is 0 Å². The Labute approximate surface area is 145 Å². The van der Waals surface area contributed by atoms with E-state index in [-0.39, 0.29) is 6.42 Å². The predicted molar refractivity (Wildman–Crippen MR) is 86.5 cm³/mol. The lowest BCUT2D eigenvalue weighted by atomic mass is 10.1. The fourth-order valence-electron chi connectivity index (χ4n) is 1.87. The number of carboxylic acid groups (broad SMARTS) is 1. The van der Waals surface area contributed by atoms with Crippen LogP contribution in [0.3, 0.4) is 0 Å². The Bertz CT molecular complexity index is 336. The summed E-state index contributed by atoms with van der Waals surface area (Å²) >= 11 is 16.9. The van der Waals surface area contributed by atoms with Crippen LogP contribution in [0.1, 0.15) is 51.4 Å². The molecule has 0 spiro atoms. The zero-order valence-electron chi connectivity index (χ0n) is 12.3. The summed E-state index contributed by atoms with van der Waals surface area (Å²) in [5.74, 6) is -0.754. The third-order valence-electron chi connectivity index (χ3n) is 3.03. The molecule has 0 rings (SSSR count). The van der Waals surface area contributed by atoms with E-state index in [0.29, 0.717) is 13.0 Å². The Balaban J connectivity index is 3.58. The number of nitrogens with zero attached hydrogens (tertiary/aromatic N) is 1. The molecule has 0 aliphatic rings. The highest BCUT2D eigenvalue weighted by Crippen LogP contribution is 2.32. The standard InChI is InChI=1S/C13H22Cl3NO5/c14-13(15,16)11(10-17(20)21)22-9-7-5-3-1-2-4-6-8-12(18)19/h11H,1-10H2,(H,18,19)/t11-/m0/s1. The number of carbonyl (C=O) groups is 1. The second-order valence-corrected chi connectivity index (χ2v) is 7.40. The molecular formula is C13H22Cl3NO5. The molecule has 0 aromatic heterocycles. The molecule has 0 fully saturated rings. The van der Waals surface area contributed by atoms with E-state index in [0.717, 1.165) is 38.5 Å². The van der Waals surface area contributed by atoms with Gasteiger partial charge in [0.15, 0.2) is 6.10 Å². The molecule has 0 radical (unpaired) electrons. The molecule has 0 aromatic carbocycles. The zero-order valence-corrected chi connectivity index (χ0v) is 14.6. The minimum atomic E-state index is -1.81. The van der Waals surface area contributed by atoms with E-state index in [1.165, 1.54) is 0 Å². The molecule has 0 saturated heterocycles. The number of carboxylic acids is 1. The van der Waals surface area contributed by atoms with Crippen LogP contribution in [0.25, 0.3) is 0 Å². The van der Waals surface area contributed by atoms with Crippen LogP contribution in [-0.4, -0.2) is 39.0 Å². The highest BCUT2D eigenvalue weighted by molar-refractivity contribution is 6.68. The van der Waals surface area contributed by atoms with E-state index < -0.39 is 27.3 Å². The summed E-state index contributed by atoms with van der Waals surface area (Å²) in [6.07, 6.45) is 5.50. The van der Waals surface area contributed by atoms with Crippen molar-refractivity contribution in [2.75, 3.05) is 13.2 Å². The number of alkyl halides is 3. The Hall–Kier alpha value is -0.300. The highest BCUT2D eigenvalue weighted by atomic mass is 35.6. The lowest BCUT2D eigenvalue weighted by Gasteiger charge is -2.21. The van der Waals surface area contributed by atoms with Crippen molar-refractivity contribution in [3.05, 3.63) is 10.1 Å². The van der Waals surface area contributed by atoms with Gasteiger partial charge in [-0.15, -0.1) is 0 Å². The average Bonchev–Trinajstić information content (AvgIpc) is 2.37. The molecular weight excluding hydrogens is 357 g/mol. The van der Waals surface area contributed by atoms with Gasteiger partial charge in [-0.25, -0.2) is 0 Å². The summed E-state index contributed by atoms with van der Waals surface area (Å²) in [7, 11) is 0. The second kappa shape index (κ2) is 12.2. The van der Waals surface area contributed by atoms with Crippen molar-refractivity contribution in [3.63, 3.8) is 0 Å². The summed E-state index contributed by atoms with van der Waals surface area (Å²) in [4.78, 5) is 20.2. The molecule has 0 heterocycles. The van der Waals surface area contributed by atoms with Gasteiger partial charge >= 0.3 is 5.97 Å². The fraction of sp³-hybridized carbons (Fsp3) is 0.923. The van der Waals surface area contributed by atoms with Gasteiger partial charge in [-0.2, -0.15) is 0 Å². The summed E-state index contributed by atoms with van der Waals surface area (Å²) in [5, 5.41) is 19.0. The Kier molecular flexibility index (Phi) is 12.0. The summed E-state index contributed by atoms with van der Waals surface area (Å²) in [5.41, 5.74) is 0. The molecule has 1 atom stereocenters. The molecule has 1 N–H and O–H groups in total. The Morgan fingerprint density at radius 2 is 1.59 bits per heavy atom. The maximum Gasteiger partial charge on any atom is 0.303 e. The van der Waals surface area contributed by atoms with Crippen molar-refractivity contribution in [2.45, 2.75) is 61.3 Å². The number of hydrogen-bond acceptors (Lipinski definition) is 4. The molecule has 22 heavy (non-hydrogen) atoms. The van der Waals surface area contributed by atoms with E-state index in [1.807, 2.05) is 0 Å². The summed E-state index contributed by atoms with van der Waals surface area (Å²) in [6, 6.07) is 0. The topological polar surface area (TPSA) is 89.7 Å². The Morgan fingerprint density at radius 1 is 1.09 bits per heavy atom. The maximum atomic E-state index is 10.5. The molecule has 0 amide bonds. The molecule has 9 heteroatoms. The normalized spacial score (nSPS) is 13.0. The van der Waals surface area contributed by atoms with Crippen LogP contribution in [0.4, 0.5) is 0 Å². The van der Waals surface area contributed by atoms with Gasteiger partial charge in [0.2, 0.25) is 10.3 Å². The first-order valence-corrected chi connectivity index (χ1v) is 8.38. The lowest BCUT2D eigenvalue weighted by molar-refractivity contribution is -0.491. The SMILES string of the molecule is O=C(O)CCCCCCCCCO[C@@H](C[N+](=O)[O-])C(Cl)(Cl)Cl. The van der Waals surface area contributed by atoms with Crippen molar-refractivity contribution in [1.29, 1.82) is 0 Å². The van der Waals surface area contributed by atoms with Crippen LogP contribution >= 0.6 is 34.8 Å².